The molecule has 0 radical (unpaired) electrons. The lowest BCUT2D eigenvalue weighted by Gasteiger charge is -2.33. The number of carbonyl (C=O) groups is 1. The van der Waals surface area contributed by atoms with Crippen molar-refractivity contribution in [2.24, 2.45) is 0 Å². The minimum atomic E-state index is -0.399. The SMILES string of the molecule is C=C(C)C(=O)OC1CCN(c2ccc(-c3ccc([N+](=O)[O-])cc3)cc2)CC1. The van der Waals surface area contributed by atoms with Gasteiger partial charge in [0.05, 0.1) is 4.92 Å². The van der Waals surface area contributed by atoms with Crippen LogP contribution in [0.3, 0.4) is 0 Å². The summed E-state index contributed by atoms with van der Waals surface area (Å²) in [6.45, 7) is 6.92. The summed E-state index contributed by atoms with van der Waals surface area (Å²) in [6.07, 6.45) is 1.54. The molecule has 0 aliphatic carbocycles. The molecule has 0 aromatic heterocycles. The van der Waals surface area contributed by atoms with Gasteiger partial charge in [-0.05, 0) is 42.3 Å². The van der Waals surface area contributed by atoms with E-state index in [1.165, 1.54) is 12.1 Å². The summed E-state index contributed by atoms with van der Waals surface area (Å²) in [5.74, 6) is -0.319. The van der Waals surface area contributed by atoms with Crippen LogP contribution in [0.25, 0.3) is 11.1 Å². The molecule has 3 rings (SSSR count). The third kappa shape index (κ3) is 4.53. The van der Waals surface area contributed by atoms with Crippen LogP contribution >= 0.6 is 0 Å². The van der Waals surface area contributed by atoms with Gasteiger partial charge in [-0.25, -0.2) is 4.79 Å². The third-order valence-electron chi connectivity index (χ3n) is 4.71. The molecule has 2 aromatic rings. The fraction of sp³-hybridized carbons (Fsp3) is 0.286. The predicted octanol–water partition coefficient (Wildman–Crippen LogP) is 4.35. The minimum absolute atomic E-state index is 0.0511. The molecule has 0 bridgehead atoms. The second kappa shape index (κ2) is 8.03. The van der Waals surface area contributed by atoms with Crippen molar-refractivity contribution < 1.29 is 14.5 Å². The Balaban J connectivity index is 1.60. The maximum absolute atomic E-state index is 11.6. The number of carbonyl (C=O) groups excluding carboxylic acids is 1. The van der Waals surface area contributed by atoms with Crippen LogP contribution < -0.4 is 4.90 Å². The van der Waals surface area contributed by atoms with Crippen LogP contribution in [-0.4, -0.2) is 30.1 Å². The molecule has 0 amide bonds. The van der Waals surface area contributed by atoms with E-state index >= 15 is 0 Å². The molecule has 0 saturated carbocycles. The molecule has 1 aliphatic rings. The zero-order chi connectivity index (χ0) is 19.4. The first-order chi connectivity index (χ1) is 12.9. The second-order valence-corrected chi connectivity index (χ2v) is 6.72. The summed E-state index contributed by atoms with van der Waals surface area (Å²) in [7, 11) is 0. The zero-order valence-corrected chi connectivity index (χ0v) is 15.3. The molecular weight excluding hydrogens is 344 g/mol. The van der Waals surface area contributed by atoms with Gasteiger partial charge < -0.3 is 9.64 Å². The molecule has 1 heterocycles. The number of hydrogen-bond acceptors (Lipinski definition) is 5. The molecule has 0 atom stereocenters. The zero-order valence-electron chi connectivity index (χ0n) is 15.3. The van der Waals surface area contributed by atoms with Crippen molar-refractivity contribution in [3.8, 4) is 11.1 Å². The number of esters is 1. The summed E-state index contributed by atoms with van der Waals surface area (Å²) < 4.78 is 5.43. The monoisotopic (exact) mass is 366 g/mol. The van der Waals surface area contributed by atoms with E-state index < -0.39 is 4.92 Å². The van der Waals surface area contributed by atoms with Crippen LogP contribution in [0.5, 0.6) is 0 Å². The van der Waals surface area contributed by atoms with E-state index in [9.17, 15) is 14.9 Å². The maximum Gasteiger partial charge on any atom is 0.333 e. The Bertz CT molecular complexity index is 835. The van der Waals surface area contributed by atoms with Gasteiger partial charge >= 0.3 is 5.97 Å². The molecule has 140 valence electrons. The first-order valence-corrected chi connectivity index (χ1v) is 8.90. The Morgan fingerprint density at radius 1 is 1.07 bits per heavy atom. The number of benzene rings is 2. The Morgan fingerprint density at radius 2 is 1.59 bits per heavy atom. The molecule has 1 aliphatic heterocycles. The van der Waals surface area contributed by atoms with Gasteiger partial charge in [-0.3, -0.25) is 10.1 Å². The number of nitrogens with zero attached hydrogens (tertiary/aromatic N) is 2. The van der Waals surface area contributed by atoms with Crippen molar-refractivity contribution in [2.75, 3.05) is 18.0 Å². The summed E-state index contributed by atoms with van der Waals surface area (Å²) in [4.78, 5) is 24.2. The Hall–Kier alpha value is -3.15. The van der Waals surface area contributed by atoms with Crippen molar-refractivity contribution >= 4 is 17.3 Å². The average molecular weight is 366 g/mol. The molecule has 6 nitrogen and oxygen atoms in total. The minimum Gasteiger partial charge on any atom is -0.459 e. The maximum atomic E-state index is 11.6. The third-order valence-corrected chi connectivity index (χ3v) is 4.71. The number of ether oxygens (including phenoxy) is 1. The molecule has 0 N–H and O–H groups in total. The van der Waals surface area contributed by atoms with Gasteiger partial charge in [-0.1, -0.05) is 18.7 Å². The highest BCUT2D eigenvalue weighted by molar-refractivity contribution is 5.87. The first-order valence-electron chi connectivity index (χ1n) is 8.90. The van der Waals surface area contributed by atoms with E-state index in [1.54, 1.807) is 19.1 Å². The number of nitro groups is 1. The largest absolute Gasteiger partial charge is 0.459 e. The highest BCUT2D eigenvalue weighted by atomic mass is 16.6. The fourth-order valence-corrected chi connectivity index (χ4v) is 3.12. The van der Waals surface area contributed by atoms with E-state index in [1.807, 2.05) is 12.1 Å². The molecule has 1 fully saturated rings. The number of non-ortho nitro benzene ring substituents is 1. The van der Waals surface area contributed by atoms with Crippen molar-refractivity contribution in [1.82, 2.24) is 0 Å². The standard InChI is InChI=1S/C21H22N2O4/c1-15(2)21(24)27-20-11-13-22(14-12-20)18-7-3-16(4-8-18)17-5-9-19(10-6-17)23(25)26/h3-10,20H,1,11-14H2,2H3. The van der Waals surface area contributed by atoms with Crippen molar-refractivity contribution in [3.05, 3.63) is 70.8 Å². The van der Waals surface area contributed by atoms with E-state index in [0.29, 0.717) is 5.57 Å². The molecular formula is C21H22N2O4. The predicted molar refractivity (Wildman–Crippen MR) is 105 cm³/mol. The van der Waals surface area contributed by atoms with Crippen molar-refractivity contribution in [3.63, 3.8) is 0 Å². The van der Waals surface area contributed by atoms with Gasteiger partial charge in [0.15, 0.2) is 0 Å². The summed E-state index contributed by atoms with van der Waals surface area (Å²) in [6, 6.07) is 14.7. The van der Waals surface area contributed by atoms with E-state index in [0.717, 1.165) is 42.7 Å². The molecule has 0 unspecified atom stereocenters. The van der Waals surface area contributed by atoms with Crippen LogP contribution in [0, 0.1) is 10.1 Å². The van der Waals surface area contributed by atoms with Gasteiger partial charge in [-0.2, -0.15) is 0 Å². The molecule has 2 aromatic carbocycles. The van der Waals surface area contributed by atoms with E-state index in [4.69, 9.17) is 4.74 Å². The van der Waals surface area contributed by atoms with Gasteiger partial charge in [0.1, 0.15) is 6.10 Å². The lowest BCUT2D eigenvalue weighted by molar-refractivity contribution is -0.384. The lowest BCUT2D eigenvalue weighted by Crippen LogP contribution is -2.37. The highest BCUT2D eigenvalue weighted by Gasteiger charge is 2.22. The Morgan fingerprint density at radius 3 is 2.07 bits per heavy atom. The Labute approximate surface area is 158 Å². The first kappa shape index (κ1) is 18.6. The van der Waals surface area contributed by atoms with Crippen LogP contribution in [0.1, 0.15) is 19.8 Å². The second-order valence-electron chi connectivity index (χ2n) is 6.72. The summed E-state index contributed by atoms with van der Waals surface area (Å²) >= 11 is 0. The van der Waals surface area contributed by atoms with Gasteiger partial charge in [-0.15, -0.1) is 0 Å². The van der Waals surface area contributed by atoms with Crippen molar-refractivity contribution in [1.29, 1.82) is 0 Å². The normalized spacial score (nSPS) is 14.6. The lowest BCUT2D eigenvalue weighted by atomic mass is 10.0. The van der Waals surface area contributed by atoms with Gasteiger partial charge in [0.2, 0.25) is 0 Å². The topological polar surface area (TPSA) is 72.7 Å². The number of hydrogen-bond donors (Lipinski definition) is 0. The number of anilines is 1. The Kier molecular flexibility index (Phi) is 5.54. The number of rotatable bonds is 5. The van der Waals surface area contributed by atoms with Crippen LogP contribution in [0.15, 0.2) is 60.7 Å². The smallest absolute Gasteiger partial charge is 0.333 e. The summed E-state index contributed by atoms with van der Waals surface area (Å²) in [5.41, 5.74) is 3.59. The highest BCUT2D eigenvalue weighted by Crippen LogP contribution is 2.27. The molecule has 27 heavy (non-hydrogen) atoms. The van der Waals surface area contributed by atoms with Crippen molar-refractivity contribution in [2.45, 2.75) is 25.9 Å². The quantitative estimate of drug-likeness (QED) is 0.340. The molecule has 6 heteroatoms. The molecule has 0 spiro atoms. The number of piperidine rings is 1. The average Bonchev–Trinajstić information content (AvgIpc) is 2.69. The van der Waals surface area contributed by atoms with Gasteiger partial charge in [0, 0.05) is 49.3 Å². The fourth-order valence-electron chi connectivity index (χ4n) is 3.12. The summed E-state index contributed by atoms with van der Waals surface area (Å²) in [5, 5.41) is 10.8. The number of nitro benzene ring substituents is 1. The van der Waals surface area contributed by atoms with E-state index in [-0.39, 0.29) is 17.8 Å². The molecule has 1 saturated heterocycles. The van der Waals surface area contributed by atoms with Crippen LogP contribution in [-0.2, 0) is 9.53 Å². The van der Waals surface area contributed by atoms with Crippen LogP contribution in [0.2, 0.25) is 0 Å². The van der Waals surface area contributed by atoms with Gasteiger partial charge in [0.25, 0.3) is 5.69 Å². The van der Waals surface area contributed by atoms with Crippen LogP contribution in [0.4, 0.5) is 11.4 Å². The van der Waals surface area contributed by atoms with E-state index in [2.05, 4.69) is 23.6 Å².